The highest BCUT2D eigenvalue weighted by molar-refractivity contribution is 5.67. The first kappa shape index (κ1) is 8.96. The predicted molar refractivity (Wildman–Crippen MR) is 52.2 cm³/mol. The summed E-state index contributed by atoms with van der Waals surface area (Å²) in [6.45, 7) is 1.28. The van der Waals surface area contributed by atoms with E-state index >= 15 is 0 Å². The molecule has 5 nitrogen and oxygen atoms in total. The van der Waals surface area contributed by atoms with E-state index < -0.39 is 0 Å². The third-order valence-electron chi connectivity index (χ3n) is 2.01. The van der Waals surface area contributed by atoms with Gasteiger partial charge in [-0.05, 0) is 19.2 Å². The van der Waals surface area contributed by atoms with E-state index in [-0.39, 0.29) is 5.76 Å². The predicted octanol–water partition coefficient (Wildman–Crippen LogP) is 0.209. The average molecular weight is 193 g/mol. The molecule has 0 aliphatic carbocycles. The topological polar surface area (TPSA) is 60.1 Å². The Kier molecular flexibility index (Phi) is 2.32. The molecule has 2 aromatic heterocycles. The summed E-state index contributed by atoms with van der Waals surface area (Å²) in [6.07, 6.45) is 1.65. The first-order valence-electron chi connectivity index (χ1n) is 4.42. The van der Waals surface area contributed by atoms with Gasteiger partial charge in [-0.3, -0.25) is 4.57 Å². The van der Waals surface area contributed by atoms with Crippen molar-refractivity contribution < 1.29 is 4.42 Å². The zero-order valence-corrected chi connectivity index (χ0v) is 7.86. The largest absolute Gasteiger partial charge is 0.421 e. The maximum absolute atomic E-state index is 11.4. The van der Waals surface area contributed by atoms with Crippen LogP contribution in [0.2, 0.25) is 0 Å². The van der Waals surface area contributed by atoms with Crippen molar-refractivity contribution in [2.45, 2.75) is 6.54 Å². The molecule has 2 heterocycles. The van der Waals surface area contributed by atoms with E-state index in [9.17, 15) is 4.79 Å². The standard InChI is InChI=1S/C9H11N3O2/c1-10-5-6-12-8-7(14-9(12)13)3-2-4-11-8/h2-4,10H,5-6H2,1H3. The zero-order valence-electron chi connectivity index (χ0n) is 7.86. The fourth-order valence-electron chi connectivity index (χ4n) is 1.32. The van der Waals surface area contributed by atoms with Gasteiger partial charge in [0, 0.05) is 19.3 Å². The first-order chi connectivity index (χ1) is 6.83. The summed E-state index contributed by atoms with van der Waals surface area (Å²) < 4.78 is 6.53. The number of nitrogens with zero attached hydrogens (tertiary/aromatic N) is 2. The molecule has 2 aromatic rings. The minimum absolute atomic E-state index is 0.353. The van der Waals surface area contributed by atoms with Gasteiger partial charge in [0.25, 0.3) is 0 Å². The molecule has 0 aromatic carbocycles. The van der Waals surface area contributed by atoms with Crippen molar-refractivity contribution in [2.75, 3.05) is 13.6 Å². The van der Waals surface area contributed by atoms with Crippen molar-refractivity contribution >= 4 is 11.2 Å². The van der Waals surface area contributed by atoms with E-state index in [1.54, 1.807) is 18.3 Å². The number of hydrogen-bond donors (Lipinski definition) is 1. The molecule has 0 spiro atoms. The Morgan fingerprint density at radius 3 is 3.29 bits per heavy atom. The highest BCUT2D eigenvalue weighted by Gasteiger charge is 2.08. The van der Waals surface area contributed by atoms with Crippen LogP contribution in [-0.2, 0) is 6.54 Å². The molecule has 0 bridgehead atoms. The average Bonchev–Trinajstić information content (AvgIpc) is 2.51. The van der Waals surface area contributed by atoms with Crippen LogP contribution in [0.3, 0.4) is 0 Å². The number of hydrogen-bond acceptors (Lipinski definition) is 4. The molecular formula is C9H11N3O2. The second-order valence-corrected chi connectivity index (χ2v) is 2.95. The van der Waals surface area contributed by atoms with E-state index in [0.29, 0.717) is 24.3 Å². The number of fused-ring (bicyclic) bond motifs is 1. The van der Waals surface area contributed by atoms with Gasteiger partial charge < -0.3 is 9.73 Å². The van der Waals surface area contributed by atoms with Gasteiger partial charge in [0.05, 0.1) is 0 Å². The first-order valence-corrected chi connectivity index (χ1v) is 4.42. The Balaban J connectivity index is 2.51. The minimum atomic E-state index is -0.353. The summed E-state index contributed by atoms with van der Waals surface area (Å²) in [4.78, 5) is 15.5. The molecule has 0 atom stereocenters. The fraction of sp³-hybridized carbons (Fsp3) is 0.333. The number of nitrogens with one attached hydrogen (secondary N) is 1. The van der Waals surface area contributed by atoms with Crippen molar-refractivity contribution in [2.24, 2.45) is 0 Å². The van der Waals surface area contributed by atoms with E-state index in [1.807, 2.05) is 7.05 Å². The van der Waals surface area contributed by atoms with Crippen LogP contribution in [0.25, 0.3) is 11.2 Å². The highest BCUT2D eigenvalue weighted by Crippen LogP contribution is 2.07. The van der Waals surface area contributed by atoms with Gasteiger partial charge in [0.2, 0.25) is 0 Å². The summed E-state index contributed by atoms with van der Waals surface area (Å²) in [7, 11) is 1.83. The van der Waals surface area contributed by atoms with Crippen LogP contribution in [0.15, 0.2) is 27.5 Å². The molecule has 14 heavy (non-hydrogen) atoms. The highest BCUT2D eigenvalue weighted by atomic mass is 16.4. The number of aromatic nitrogens is 2. The molecule has 0 amide bonds. The quantitative estimate of drug-likeness (QED) is 0.757. The Morgan fingerprint density at radius 1 is 1.64 bits per heavy atom. The van der Waals surface area contributed by atoms with Gasteiger partial charge in [-0.15, -0.1) is 0 Å². The summed E-state index contributed by atoms with van der Waals surface area (Å²) in [5.74, 6) is -0.353. The zero-order chi connectivity index (χ0) is 9.97. The Labute approximate surface area is 80.4 Å². The molecule has 0 fully saturated rings. The minimum Gasteiger partial charge on any atom is -0.406 e. The van der Waals surface area contributed by atoms with Gasteiger partial charge in [-0.2, -0.15) is 0 Å². The summed E-state index contributed by atoms with van der Waals surface area (Å²) in [6, 6.07) is 3.48. The van der Waals surface area contributed by atoms with Gasteiger partial charge in [0.1, 0.15) is 0 Å². The van der Waals surface area contributed by atoms with E-state index in [4.69, 9.17) is 4.42 Å². The molecule has 0 saturated carbocycles. The fourth-order valence-corrected chi connectivity index (χ4v) is 1.32. The number of oxazole rings is 1. The van der Waals surface area contributed by atoms with Crippen LogP contribution in [0, 0.1) is 0 Å². The molecule has 74 valence electrons. The van der Waals surface area contributed by atoms with Crippen LogP contribution in [0.5, 0.6) is 0 Å². The second-order valence-electron chi connectivity index (χ2n) is 2.95. The third-order valence-corrected chi connectivity index (χ3v) is 2.01. The molecule has 0 radical (unpaired) electrons. The normalized spacial score (nSPS) is 10.9. The maximum atomic E-state index is 11.4. The summed E-state index contributed by atoms with van der Waals surface area (Å²) >= 11 is 0. The van der Waals surface area contributed by atoms with Crippen LogP contribution < -0.4 is 11.1 Å². The number of likely N-dealkylation sites (N-methyl/N-ethyl adjacent to an activating group) is 1. The SMILES string of the molecule is CNCCn1c(=O)oc2cccnc21. The third kappa shape index (κ3) is 1.42. The molecule has 0 aliphatic rings. The van der Waals surface area contributed by atoms with Crippen LogP contribution in [-0.4, -0.2) is 23.1 Å². The Hall–Kier alpha value is -1.62. The van der Waals surface area contributed by atoms with Crippen LogP contribution in [0.1, 0.15) is 0 Å². The van der Waals surface area contributed by atoms with Crippen molar-refractivity contribution in [3.8, 4) is 0 Å². The lowest BCUT2D eigenvalue weighted by Crippen LogP contribution is -2.22. The summed E-state index contributed by atoms with van der Waals surface area (Å²) in [5.41, 5.74) is 1.14. The molecular weight excluding hydrogens is 182 g/mol. The van der Waals surface area contributed by atoms with Crippen LogP contribution >= 0.6 is 0 Å². The lowest BCUT2D eigenvalue weighted by Gasteiger charge is -1.98. The van der Waals surface area contributed by atoms with E-state index in [1.165, 1.54) is 4.57 Å². The molecule has 0 unspecified atom stereocenters. The number of rotatable bonds is 3. The lowest BCUT2D eigenvalue weighted by atomic mass is 10.4. The van der Waals surface area contributed by atoms with Crippen molar-refractivity contribution in [3.63, 3.8) is 0 Å². The molecule has 1 N–H and O–H groups in total. The van der Waals surface area contributed by atoms with Crippen molar-refractivity contribution in [3.05, 3.63) is 28.9 Å². The lowest BCUT2D eigenvalue weighted by molar-refractivity contribution is 0.500. The smallest absolute Gasteiger partial charge is 0.406 e. The van der Waals surface area contributed by atoms with Gasteiger partial charge in [0.15, 0.2) is 11.2 Å². The van der Waals surface area contributed by atoms with E-state index in [2.05, 4.69) is 10.3 Å². The molecule has 5 heteroatoms. The van der Waals surface area contributed by atoms with E-state index in [0.717, 1.165) is 0 Å². The Bertz CT molecular complexity index is 486. The number of pyridine rings is 1. The van der Waals surface area contributed by atoms with Gasteiger partial charge >= 0.3 is 5.76 Å². The van der Waals surface area contributed by atoms with Gasteiger partial charge in [-0.25, -0.2) is 9.78 Å². The molecule has 0 saturated heterocycles. The summed E-state index contributed by atoms with van der Waals surface area (Å²) in [5, 5.41) is 2.97. The van der Waals surface area contributed by atoms with Crippen LogP contribution in [0.4, 0.5) is 0 Å². The monoisotopic (exact) mass is 193 g/mol. The van der Waals surface area contributed by atoms with Gasteiger partial charge in [-0.1, -0.05) is 0 Å². The maximum Gasteiger partial charge on any atom is 0.421 e. The van der Waals surface area contributed by atoms with Crippen molar-refractivity contribution in [1.82, 2.24) is 14.9 Å². The Morgan fingerprint density at radius 2 is 2.50 bits per heavy atom. The molecule has 0 aliphatic heterocycles. The molecule has 2 rings (SSSR count). The van der Waals surface area contributed by atoms with Crippen molar-refractivity contribution in [1.29, 1.82) is 0 Å². The second kappa shape index (κ2) is 3.63.